The Morgan fingerprint density at radius 3 is 2.69 bits per heavy atom. The number of ether oxygens (including phenoxy) is 1. The van der Waals surface area contributed by atoms with Crippen LogP contribution in [-0.4, -0.2) is 12.5 Å². The molecule has 1 aromatic rings. The van der Waals surface area contributed by atoms with Crippen LogP contribution >= 0.6 is 0 Å². The van der Waals surface area contributed by atoms with E-state index in [9.17, 15) is 4.79 Å². The minimum atomic E-state index is -0.292. The van der Waals surface area contributed by atoms with Crippen LogP contribution < -0.4 is 11.3 Å². The van der Waals surface area contributed by atoms with Gasteiger partial charge in [-0.1, -0.05) is 18.2 Å². The minimum Gasteiger partial charge on any atom is -0.376 e. The molecule has 0 fully saturated rings. The molecule has 16 heavy (non-hydrogen) atoms. The van der Waals surface area contributed by atoms with E-state index < -0.39 is 0 Å². The van der Waals surface area contributed by atoms with Crippen molar-refractivity contribution in [3.8, 4) is 0 Å². The van der Waals surface area contributed by atoms with E-state index in [2.05, 4.69) is 12.0 Å². The van der Waals surface area contributed by atoms with E-state index in [1.54, 1.807) is 12.1 Å². The lowest BCUT2D eigenvalue weighted by Crippen LogP contribution is -2.29. The number of benzene rings is 1. The van der Waals surface area contributed by atoms with Gasteiger partial charge in [0.05, 0.1) is 13.2 Å². The minimum absolute atomic E-state index is 0.292. The Labute approximate surface area is 95.1 Å². The van der Waals surface area contributed by atoms with Crippen molar-refractivity contribution in [3.63, 3.8) is 0 Å². The van der Waals surface area contributed by atoms with Gasteiger partial charge in [-0.3, -0.25) is 10.2 Å². The third-order valence-electron chi connectivity index (χ3n) is 2.08. The molecule has 4 nitrogen and oxygen atoms in total. The van der Waals surface area contributed by atoms with Crippen molar-refractivity contribution >= 4 is 5.91 Å². The first-order valence-corrected chi connectivity index (χ1v) is 5.06. The second kappa shape index (κ2) is 6.76. The number of hydrogen-bond acceptors (Lipinski definition) is 3. The Morgan fingerprint density at radius 1 is 1.44 bits per heavy atom. The maximum atomic E-state index is 11.1. The summed E-state index contributed by atoms with van der Waals surface area (Å²) in [5, 5.41) is 0. The molecule has 0 atom stereocenters. The Hall–Kier alpha value is -1.65. The fourth-order valence-corrected chi connectivity index (χ4v) is 1.19. The molecule has 0 saturated carbocycles. The zero-order chi connectivity index (χ0) is 11.8. The average Bonchev–Trinajstić information content (AvgIpc) is 2.34. The maximum Gasteiger partial charge on any atom is 0.265 e. The first kappa shape index (κ1) is 12.4. The fraction of sp³-hybridized carbons (Fsp3) is 0.250. The van der Waals surface area contributed by atoms with Crippen LogP contribution in [-0.2, 0) is 11.3 Å². The fourth-order valence-electron chi connectivity index (χ4n) is 1.19. The molecule has 0 spiro atoms. The predicted octanol–water partition coefficient (Wildman–Crippen LogP) is 1.38. The average molecular weight is 220 g/mol. The smallest absolute Gasteiger partial charge is 0.265 e. The molecular formula is C12H16N2O2. The van der Waals surface area contributed by atoms with Gasteiger partial charge in [-0.15, -0.1) is 6.58 Å². The summed E-state index contributed by atoms with van der Waals surface area (Å²) in [6.45, 7) is 4.81. The molecule has 0 aliphatic carbocycles. The lowest BCUT2D eigenvalue weighted by atomic mass is 10.1. The summed E-state index contributed by atoms with van der Waals surface area (Å²) in [4.78, 5) is 11.1. The van der Waals surface area contributed by atoms with E-state index in [0.29, 0.717) is 18.8 Å². The van der Waals surface area contributed by atoms with Crippen molar-refractivity contribution in [2.75, 3.05) is 6.61 Å². The zero-order valence-electron chi connectivity index (χ0n) is 9.11. The summed E-state index contributed by atoms with van der Waals surface area (Å²) in [6, 6.07) is 7.12. The van der Waals surface area contributed by atoms with Crippen LogP contribution in [0.25, 0.3) is 0 Å². The molecule has 0 aromatic heterocycles. The third kappa shape index (κ3) is 3.84. The lowest BCUT2D eigenvalue weighted by Gasteiger charge is -2.04. The largest absolute Gasteiger partial charge is 0.376 e. The highest BCUT2D eigenvalue weighted by atomic mass is 16.5. The SMILES string of the molecule is C=CCCOCc1ccc(C(=O)NN)cc1. The standard InChI is InChI=1S/C12H16N2O2/c1-2-3-8-16-9-10-4-6-11(7-5-10)12(15)14-13/h2,4-7H,1,3,8-9,13H2,(H,14,15). The molecule has 86 valence electrons. The van der Waals surface area contributed by atoms with Gasteiger partial charge in [-0.2, -0.15) is 0 Å². The number of nitrogens with one attached hydrogen (secondary N) is 1. The molecule has 0 saturated heterocycles. The number of carbonyl (C=O) groups excluding carboxylic acids is 1. The number of rotatable bonds is 6. The summed E-state index contributed by atoms with van der Waals surface area (Å²) in [7, 11) is 0. The number of nitrogen functional groups attached to an aromatic ring is 1. The summed E-state index contributed by atoms with van der Waals surface area (Å²) in [6.07, 6.45) is 2.66. The van der Waals surface area contributed by atoms with E-state index in [1.807, 2.05) is 18.2 Å². The van der Waals surface area contributed by atoms with Crippen molar-refractivity contribution < 1.29 is 9.53 Å². The first-order chi connectivity index (χ1) is 7.77. The number of hydrogen-bond donors (Lipinski definition) is 2. The molecule has 1 rings (SSSR count). The Bertz CT molecular complexity index is 347. The van der Waals surface area contributed by atoms with Gasteiger partial charge in [0, 0.05) is 5.56 Å². The number of carbonyl (C=O) groups is 1. The van der Waals surface area contributed by atoms with E-state index in [0.717, 1.165) is 12.0 Å². The summed E-state index contributed by atoms with van der Waals surface area (Å²) >= 11 is 0. The number of nitrogens with two attached hydrogens (primary N) is 1. The molecule has 0 aliphatic heterocycles. The highest BCUT2D eigenvalue weighted by molar-refractivity contribution is 5.93. The molecule has 0 aliphatic rings. The molecule has 0 unspecified atom stereocenters. The molecule has 1 amide bonds. The van der Waals surface area contributed by atoms with E-state index in [1.165, 1.54) is 0 Å². The van der Waals surface area contributed by atoms with Crippen molar-refractivity contribution in [2.24, 2.45) is 5.84 Å². The second-order valence-corrected chi connectivity index (χ2v) is 3.30. The number of hydrazine groups is 1. The number of amides is 1. The van der Waals surface area contributed by atoms with Gasteiger partial charge in [-0.25, -0.2) is 5.84 Å². The van der Waals surface area contributed by atoms with Gasteiger partial charge in [0.1, 0.15) is 0 Å². The topological polar surface area (TPSA) is 64.3 Å². The van der Waals surface area contributed by atoms with Crippen molar-refractivity contribution in [1.82, 2.24) is 5.43 Å². The van der Waals surface area contributed by atoms with Crippen LogP contribution in [0.5, 0.6) is 0 Å². The quantitative estimate of drug-likeness (QED) is 0.250. The Balaban J connectivity index is 2.45. The van der Waals surface area contributed by atoms with Crippen molar-refractivity contribution in [1.29, 1.82) is 0 Å². The van der Waals surface area contributed by atoms with Crippen LogP contribution in [0, 0.1) is 0 Å². The normalized spacial score (nSPS) is 9.81. The monoisotopic (exact) mass is 220 g/mol. The lowest BCUT2D eigenvalue weighted by molar-refractivity contribution is 0.0953. The Kier molecular flexibility index (Phi) is 5.25. The van der Waals surface area contributed by atoms with E-state index in [-0.39, 0.29) is 5.91 Å². The molecule has 0 bridgehead atoms. The van der Waals surface area contributed by atoms with Crippen LogP contribution in [0.3, 0.4) is 0 Å². The highest BCUT2D eigenvalue weighted by Gasteiger charge is 2.02. The van der Waals surface area contributed by atoms with Gasteiger partial charge in [-0.05, 0) is 24.1 Å². The summed E-state index contributed by atoms with van der Waals surface area (Å²) < 4.78 is 5.39. The van der Waals surface area contributed by atoms with Crippen molar-refractivity contribution in [3.05, 3.63) is 48.0 Å². The van der Waals surface area contributed by atoms with Crippen molar-refractivity contribution in [2.45, 2.75) is 13.0 Å². The third-order valence-corrected chi connectivity index (χ3v) is 2.08. The van der Waals surface area contributed by atoms with Crippen LogP contribution in [0.2, 0.25) is 0 Å². The van der Waals surface area contributed by atoms with Gasteiger partial charge in [0.25, 0.3) is 5.91 Å². The predicted molar refractivity (Wildman–Crippen MR) is 62.6 cm³/mol. The van der Waals surface area contributed by atoms with Crippen LogP contribution in [0.15, 0.2) is 36.9 Å². The van der Waals surface area contributed by atoms with Gasteiger partial charge < -0.3 is 4.74 Å². The molecule has 1 aromatic carbocycles. The second-order valence-electron chi connectivity index (χ2n) is 3.30. The molecule has 4 heteroatoms. The molecule has 0 radical (unpaired) electrons. The summed E-state index contributed by atoms with van der Waals surface area (Å²) in [5.74, 6) is 4.73. The highest BCUT2D eigenvalue weighted by Crippen LogP contribution is 2.05. The maximum absolute atomic E-state index is 11.1. The van der Waals surface area contributed by atoms with Crippen LogP contribution in [0.1, 0.15) is 22.3 Å². The molecule has 0 heterocycles. The van der Waals surface area contributed by atoms with Crippen LogP contribution in [0.4, 0.5) is 0 Å². The molecule has 3 N–H and O–H groups in total. The van der Waals surface area contributed by atoms with Gasteiger partial charge in [0.15, 0.2) is 0 Å². The first-order valence-electron chi connectivity index (χ1n) is 5.06. The molecular weight excluding hydrogens is 204 g/mol. The zero-order valence-corrected chi connectivity index (χ0v) is 9.11. The van der Waals surface area contributed by atoms with E-state index in [4.69, 9.17) is 10.6 Å². The van der Waals surface area contributed by atoms with Gasteiger partial charge in [0.2, 0.25) is 0 Å². The Morgan fingerprint density at radius 2 is 2.12 bits per heavy atom. The van der Waals surface area contributed by atoms with Gasteiger partial charge >= 0.3 is 0 Å². The van der Waals surface area contributed by atoms with E-state index >= 15 is 0 Å². The summed E-state index contributed by atoms with van der Waals surface area (Å²) in [5.41, 5.74) is 3.64.